The van der Waals surface area contributed by atoms with E-state index in [0.29, 0.717) is 30.0 Å². The fraction of sp³-hybridized carbons (Fsp3) is 0.412. The van der Waals surface area contributed by atoms with Gasteiger partial charge in [0.15, 0.2) is 0 Å². The Bertz CT molecular complexity index is 807. The van der Waals surface area contributed by atoms with Crippen molar-refractivity contribution in [1.29, 1.82) is 0 Å². The van der Waals surface area contributed by atoms with Gasteiger partial charge < -0.3 is 16.0 Å². The third-order valence-electron chi connectivity index (χ3n) is 3.96. The average molecular weight is 342 g/mol. The van der Waals surface area contributed by atoms with Crippen molar-refractivity contribution in [1.82, 2.24) is 25.0 Å². The largest absolute Gasteiger partial charge is 0.351 e. The summed E-state index contributed by atoms with van der Waals surface area (Å²) < 4.78 is 1.78. The monoisotopic (exact) mass is 342 g/mol. The van der Waals surface area contributed by atoms with Gasteiger partial charge in [-0.2, -0.15) is 5.10 Å². The van der Waals surface area contributed by atoms with Gasteiger partial charge >= 0.3 is 6.03 Å². The molecule has 8 nitrogen and oxygen atoms in total. The maximum absolute atomic E-state index is 12.9. The maximum atomic E-state index is 12.9. The Labute approximate surface area is 146 Å². The standard InChI is InChI=1S/C17H22N6O2/c1-17(2,3)20-15(24)13-12-10-22(16(18)25)8-9-23(12)21-14(13)11-4-6-19-7-5-11/h4-7H,8-10H2,1-3H3,(H2,18,25)(H,20,24). The maximum Gasteiger partial charge on any atom is 0.315 e. The van der Waals surface area contributed by atoms with Crippen LogP contribution in [-0.2, 0) is 13.1 Å². The van der Waals surface area contributed by atoms with Crippen LogP contribution in [0.3, 0.4) is 0 Å². The molecular formula is C17H22N6O2. The van der Waals surface area contributed by atoms with E-state index in [4.69, 9.17) is 5.73 Å². The first-order valence-electron chi connectivity index (χ1n) is 8.13. The SMILES string of the molecule is CC(C)(C)NC(=O)c1c(-c2ccncc2)nn2c1CN(C(N)=O)CC2. The molecule has 0 bridgehead atoms. The van der Waals surface area contributed by atoms with Gasteiger partial charge in [-0.3, -0.25) is 14.5 Å². The number of amides is 3. The fourth-order valence-corrected chi connectivity index (χ4v) is 2.86. The molecule has 0 saturated carbocycles. The number of nitrogens with one attached hydrogen (secondary N) is 1. The number of hydrogen-bond acceptors (Lipinski definition) is 4. The van der Waals surface area contributed by atoms with Crippen LogP contribution in [0.5, 0.6) is 0 Å². The zero-order valence-electron chi connectivity index (χ0n) is 14.6. The van der Waals surface area contributed by atoms with E-state index < -0.39 is 6.03 Å². The number of urea groups is 1. The fourth-order valence-electron chi connectivity index (χ4n) is 2.86. The zero-order chi connectivity index (χ0) is 18.2. The van der Waals surface area contributed by atoms with Gasteiger partial charge in [0.1, 0.15) is 5.69 Å². The Kier molecular flexibility index (Phi) is 4.20. The molecule has 2 aromatic rings. The quantitative estimate of drug-likeness (QED) is 0.859. The highest BCUT2D eigenvalue weighted by atomic mass is 16.2. The number of nitrogens with zero attached hydrogens (tertiary/aromatic N) is 4. The van der Waals surface area contributed by atoms with Gasteiger partial charge in [-0.15, -0.1) is 0 Å². The molecule has 8 heteroatoms. The Morgan fingerprint density at radius 2 is 1.88 bits per heavy atom. The van der Waals surface area contributed by atoms with Crippen molar-refractivity contribution in [3.63, 3.8) is 0 Å². The van der Waals surface area contributed by atoms with Crippen molar-refractivity contribution in [3.8, 4) is 11.3 Å². The van der Waals surface area contributed by atoms with Crippen LogP contribution in [-0.4, -0.2) is 43.7 Å². The molecule has 3 amide bonds. The van der Waals surface area contributed by atoms with Crippen molar-refractivity contribution in [2.24, 2.45) is 5.73 Å². The van der Waals surface area contributed by atoms with Gasteiger partial charge in [0.2, 0.25) is 0 Å². The topological polar surface area (TPSA) is 106 Å². The molecule has 1 aliphatic rings. The molecule has 0 radical (unpaired) electrons. The molecule has 1 aliphatic heterocycles. The predicted molar refractivity (Wildman–Crippen MR) is 92.7 cm³/mol. The number of primary amides is 1. The van der Waals surface area contributed by atoms with Crippen LogP contribution >= 0.6 is 0 Å². The molecule has 0 spiro atoms. The van der Waals surface area contributed by atoms with Gasteiger partial charge in [-0.25, -0.2) is 4.79 Å². The van der Waals surface area contributed by atoms with Crippen LogP contribution in [0.4, 0.5) is 4.79 Å². The molecule has 3 heterocycles. The Morgan fingerprint density at radius 3 is 2.48 bits per heavy atom. The van der Waals surface area contributed by atoms with Gasteiger partial charge in [0.25, 0.3) is 5.91 Å². The molecule has 0 aromatic carbocycles. The second-order valence-electron chi connectivity index (χ2n) is 7.09. The van der Waals surface area contributed by atoms with Gasteiger partial charge in [0, 0.05) is 30.0 Å². The van der Waals surface area contributed by atoms with Crippen molar-refractivity contribution < 1.29 is 9.59 Å². The number of pyridine rings is 1. The lowest BCUT2D eigenvalue weighted by atomic mass is 10.0. The van der Waals surface area contributed by atoms with Gasteiger partial charge in [-0.05, 0) is 32.9 Å². The molecule has 3 N–H and O–H groups in total. The van der Waals surface area contributed by atoms with E-state index in [1.54, 1.807) is 17.1 Å². The summed E-state index contributed by atoms with van der Waals surface area (Å²) in [5, 5.41) is 7.60. The highest BCUT2D eigenvalue weighted by molar-refractivity contribution is 6.01. The Balaban J connectivity index is 2.10. The summed E-state index contributed by atoms with van der Waals surface area (Å²) in [4.78, 5) is 30.0. The van der Waals surface area contributed by atoms with E-state index >= 15 is 0 Å². The lowest BCUT2D eigenvalue weighted by molar-refractivity contribution is 0.0916. The minimum Gasteiger partial charge on any atom is -0.351 e. The number of fused-ring (bicyclic) bond motifs is 1. The number of carbonyl (C=O) groups is 2. The number of carbonyl (C=O) groups excluding carboxylic acids is 2. The average Bonchev–Trinajstić information content (AvgIpc) is 2.92. The van der Waals surface area contributed by atoms with Crippen LogP contribution in [0, 0.1) is 0 Å². The lowest BCUT2D eigenvalue weighted by Crippen LogP contribution is -2.44. The van der Waals surface area contributed by atoms with E-state index in [0.717, 1.165) is 5.56 Å². The molecule has 132 valence electrons. The molecule has 0 atom stereocenters. The molecule has 0 fully saturated rings. The number of hydrogen-bond donors (Lipinski definition) is 2. The third kappa shape index (κ3) is 3.47. The van der Waals surface area contributed by atoms with Gasteiger partial charge in [-0.1, -0.05) is 0 Å². The summed E-state index contributed by atoms with van der Waals surface area (Å²) >= 11 is 0. The number of nitrogens with two attached hydrogens (primary N) is 1. The molecule has 3 rings (SSSR count). The van der Waals surface area contributed by atoms with E-state index in [2.05, 4.69) is 15.4 Å². The number of rotatable bonds is 2. The first-order chi connectivity index (χ1) is 11.8. The second kappa shape index (κ2) is 6.19. The molecule has 0 saturated heterocycles. The van der Waals surface area contributed by atoms with Gasteiger partial charge in [0.05, 0.1) is 24.3 Å². The molecule has 25 heavy (non-hydrogen) atoms. The van der Waals surface area contributed by atoms with Crippen LogP contribution in [0.15, 0.2) is 24.5 Å². The molecule has 2 aromatic heterocycles. The third-order valence-corrected chi connectivity index (χ3v) is 3.96. The summed E-state index contributed by atoms with van der Waals surface area (Å²) in [6, 6.07) is 3.13. The summed E-state index contributed by atoms with van der Waals surface area (Å²) in [6.07, 6.45) is 3.32. The van der Waals surface area contributed by atoms with E-state index in [1.165, 1.54) is 4.90 Å². The molecular weight excluding hydrogens is 320 g/mol. The Morgan fingerprint density at radius 1 is 1.20 bits per heavy atom. The van der Waals surface area contributed by atoms with Crippen LogP contribution in [0.2, 0.25) is 0 Å². The van der Waals surface area contributed by atoms with Crippen molar-refractivity contribution >= 4 is 11.9 Å². The summed E-state index contributed by atoms with van der Waals surface area (Å²) in [7, 11) is 0. The zero-order valence-corrected chi connectivity index (χ0v) is 14.6. The second-order valence-corrected chi connectivity index (χ2v) is 7.09. The van der Waals surface area contributed by atoms with Crippen LogP contribution in [0.1, 0.15) is 36.8 Å². The van der Waals surface area contributed by atoms with Crippen LogP contribution < -0.4 is 11.1 Å². The number of aromatic nitrogens is 3. The first-order valence-corrected chi connectivity index (χ1v) is 8.13. The van der Waals surface area contributed by atoms with E-state index in [9.17, 15) is 9.59 Å². The molecule has 0 unspecified atom stereocenters. The lowest BCUT2D eigenvalue weighted by Gasteiger charge is -2.27. The summed E-state index contributed by atoms with van der Waals surface area (Å²) in [6.45, 7) is 6.99. The first kappa shape index (κ1) is 16.9. The summed E-state index contributed by atoms with van der Waals surface area (Å²) in [5.41, 5.74) is 7.60. The summed E-state index contributed by atoms with van der Waals surface area (Å²) in [5.74, 6) is -0.216. The Hall–Kier alpha value is -2.90. The normalized spacial score (nSPS) is 14.1. The highest BCUT2D eigenvalue weighted by Gasteiger charge is 2.31. The van der Waals surface area contributed by atoms with Crippen molar-refractivity contribution in [2.75, 3.05) is 6.54 Å². The van der Waals surface area contributed by atoms with Crippen molar-refractivity contribution in [2.45, 2.75) is 39.4 Å². The smallest absolute Gasteiger partial charge is 0.315 e. The van der Waals surface area contributed by atoms with E-state index in [1.807, 2.05) is 32.9 Å². The minimum absolute atomic E-state index is 0.216. The van der Waals surface area contributed by atoms with Crippen LogP contribution in [0.25, 0.3) is 11.3 Å². The van der Waals surface area contributed by atoms with Crippen molar-refractivity contribution in [3.05, 3.63) is 35.8 Å². The molecule has 0 aliphatic carbocycles. The minimum atomic E-state index is -0.500. The highest BCUT2D eigenvalue weighted by Crippen LogP contribution is 2.28. The predicted octanol–water partition coefficient (Wildman–Crippen LogP) is 1.37. The van der Waals surface area contributed by atoms with E-state index in [-0.39, 0.29) is 18.0 Å².